The van der Waals surface area contributed by atoms with Crippen molar-refractivity contribution in [3.8, 4) is 5.75 Å². The van der Waals surface area contributed by atoms with Crippen LogP contribution < -0.4 is 4.74 Å². The van der Waals surface area contributed by atoms with Gasteiger partial charge in [-0.2, -0.15) is 0 Å². The SMILES string of the molecule is COc1ccccc1CN(C)Cc1cccc(Cl)n1. The molecule has 0 aliphatic rings. The fourth-order valence-electron chi connectivity index (χ4n) is 2.00. The van der Waals surface area contributed by atoms with Crippen LogP contribution in [-0.4, -0.2) is 24.0 Å². The molecule has 3 nitrogen and oxygen atoms in total. The van der Waals surface area contributed by atoms with Gasteiger partial charge >= 0.3 is 0 Å². The largest absolute Gasteiger partial charge is 0.496 e. The summed E-state index contributed by atoms with van der Waals surface area (Å²) in [4.78, 5) is 6.47. The van der Waals surface area contributed by atoms with Crippen LogP contribution in [0.5, 0.6) is 5.75 Å². The predicted molar refractivity (Wildman–Crippen MR) is 77.4 cm³/mol. The minimum absolute atomic E-state index is 0.531. The molecular weight excluding hydrogens is 260 g/mol. The smallest absolute Gasteiger partial charge is 0.129 e. The van der Waals surface area contributed by atoms with Crippen LogP contribution in [0.2, 0.25) is 5.15 Å². The van der Waals surface area contributed by atoms with Crippen LogP contribution in [-0.2, 0) is 13.1 Å². The second kappa shape index (κ2) is 6.55. The normalized spacial score (nSPS) is 10.7. The number of ether oxygens (including phenoxy) is 1. The average molecular weight is 277 g/mol. The van der Waals surface area contributed by atoms with Crippen molar-refractivity contribution in [3.63, 3.8) is 0 Å². The van der Waals surface area contributed by atoms with Gasteiger partial charge in [-0.05, 0) is 25.2 Å². The van der Waals surface area contributed by atoms with Gasteiger partial charge in [0.25, 0.3) is 0 Å². The number of para-hydroxylation sites is 1. The van der Waals surface area contributed by atoms with E-state index in [0.29, 0.717) is 5.15 Å². The maximum atomic E-state index is 5.89. The Hall–Kier alpha value is -1.58. The van der Waals surface area contributed by atoms with Gasteiger partial charge in [-0.25, -0.2) is 4.98 Å². The molecule has 0 amide bonds. The van der Waals surface area contributed by atoms with Gasteiger partial charge < -0.3 is 4.74 Å². The third kappa shape index (κ3) is 3.94. The number of hydrogen-bond donors (Lipinski definition) is 0. The second-order valence-electron chi connectivity index (χ2n) is 4.44. The number of rotatable bonds is 5. The number of hydrogen-bond acceptors (Lipinski definition) is 3. The molecule has 0 N–H and O–H groups in total. The highest BCUT2D eigenvalue weighted by Crippen LogP contribution is 2.19. The zero-order valence-corrected chi connectivity index (χ0v) is 11.9. The summed E-state index contributed by atoms with van der Waals surface area (Å²) in [7, 11) is 3.74. The average Bonchev–Trinajstić information content (AvgIpc) is 2.39. The zero-order valence-electron chi connectivity index (χ0n) is 11.1. The fraction of sp³-hybridized carbons (Fsp3) is 0.267. The molecule has 1 heterocycles. The Bertz CT molecular complexity index is 545. The summed E-state index contributed by atoms with van der Waals surface area (Å²) in [5.41, 5.74) is 2.12. The minimum Gasteiger partial charge on any atom is -0.496 e. The minimum atomic E-state index is 0.531. The first kappa shape index (κ1) is 13.8. The Balaban J connectivity index is 2.03. The van der Waals surface area contributed by atoms with Crippen LogP contribution in [0.3, 0.4) is 0 Å². The molecule has 0 saturated carbocycles. The van der Waals surface area contributed by atoms with Crippen molar-refractivity contribution in [1.29, 1.82) is 0 Å². The lowest BCUT2D eigenvalue weighted by atomic mass is 10.2. The quantitative estimate of drug-likeness (QED) is 0.783. The molecule has 19 heavy (non-hydrogen) atoms. The van der Waals surface area contributed by atoms with E-state index in [-0.39, 0.29) is 0 Å². The first-order valence-corrected chi connectivity index (χ1v) is 6.48. The molecule has 1 aromatic carbocycles. The van der Waals surface area contributed by atoms with E-state index in [9.17, 15) is 0 Å². The number of nitrogens with zero attached hydrogens (tertiary/aromatic N) is 2. The lowest BCUT2D eigenvalue weighted by molar-refractivity contribution is 0.306. The predicted octanol–water partition coefficient (Wildman–Crippen LogP) is 3.38. The van der Waals surface area contributed by atoms with Crippen molar-refractivity contribution < 1.29 is 4.74 Å². The molecule has 0 saturated heterocycles. The molecular formula is C15H17ClN2O. The molecule has 0 radical (unpaired) electrons. The Kier molecular flexibility index (Phi) is 4.77. The van der Waals surface area contributed by atoms with E-state index in [1.54, 1.807) is 13.2 Å². The summed E-state index contributed by atoms with van der Waals surface area (Å²) in [5, 5.41) is 0.531. The molecule has 0 bridgehead atoms. The molecule has 2 rings (SSSR count). The highest BCUT2D eigenvalue weighted by molar-refractivity contribution is 6.29. The van der Waals surface area contributed by atoms with Crippen LogP contribution in [0.15, 0.2) is 42.5 Å². The molecule has 0 fully saturated rings. The van der Waals surface area contributed by atoms with Gasteiger partial charge in [-0.3, -0.25) is 4.90 Å². The second-order valence-corrected chi connectivity index (χ2v) is 4.82. The third-order valence-electron chi connectivity index (χ3n) is 2.84. The van der Waals surface area contributed by atoms with Crippen molar-refractivity contribution in [1.82, 2.24) is 9.88 Å². The van der Waals surface area contributed by atoms with Crippen molar-refractivity contribution in [2.45, 2.75) is 13.1 Å². The molecule has 0 spiro atoms. The third-order valence-corrected chi connectivity index (χ3v) is 3.05. The van der Waals surface area contributed by atoms with Crippen LogP contribution in [0, 0.1) is 0 Å². The Labute approximate surface area is 118 Å². The molecule has 0 unspecified atom stereocenters. The molecule has 100 valence electrons. The highest BCUT2D eigenvalue weighted by Gasteiger charge is 2.07. The van der Waals surface area contributed by atoms with Gasteiger partial charge in [-0.15, -0.1) is 0 Å². The zero-order chi connectivity index (χ0) is 13.7. The van der Waals surface area contributed by atoms with Gasteiger partial charge in [0.2, 0.25) is 0 Å². The Morgan fingerprint density at radius 1 is 1.11 bits per heavy atom. The van der Waals surface area contributed by atoms with E-state index in [1.165, 1.54) is 0 Å². The maximum Gasteiger partial charge on any atom is 0.129 e. The lowest BCUT2D eigenvalue weighted by Gasteiger charge is -2.18. The van der Waals surface area contributed by atoms with E-state index in [1.807, 2.05) is 30.3 Å². The van der Waals surface area contributed by atoms with Crippen molar-refractivity contribution in [3.05, 3.63) is 58.9 Å². The molecule has 0 aliphatic carbocycles. The first-order chi connectivity index (χ1) is 9.19. The van der Waals surface area contributed by atoms with E-state index >= 15 is 0 Å². The van der Waals surface area contributed by atoms with Crippen molar-refractivity contribution in [2.75, 3.05) is 14.2 Å². The van der Waals surface area contributed by atoms with Crippen molar-refractivity contribution in [2.24, 2.45) is 0 Å². The molecule has 4 heteroatoms. The van der Waals surface area contributed by atoms with Crippen LogP contribution in [0.1, 0.15) is 11.3 Å². The van der Waals surface area contributed by atoms with E-state index in [0.717, 1.165) is 30.1 Å². The topological polar surface area (TPSA) is 25.4 Å². The lowest BCUT2D eigenvalue weighted by Crippen LogP contribution is -2.18. The highest BCUT2D eigenvalue weighted by atomic mass is 35.5. The summed E-state index contributed by atoms with van der Waals surface area (Å²) in [6.45, 7) is 1.55. The number of halogens is 1. The standard InChI is InChI=1S/C15H17ClN2O/c1-18(11-13-7-5-9-15(16)17-13)10-12-6-3-4-8-14(12)19-2/h3-9H,10-11H2,1-2H3. The van der Waals surface area contributed by atoms with E-state index in [4.69, 9.17) is 16.3 Å². The summed E-state index contributed by atoms with van der Waals surface area (Å²) < 4.78 is 5.35. The molecule has 1 aromatic heterocycles. The summed E-state index contributed by atoms with van der Waals surface area (Å²) in [5.74, 6) is 0.911. The van der Waals surface area contributed by atoms with Gasteiger partial charge in [0.1, 0.15) is 10.9 Å². The van der Waals surface area contributed by atoms with Crippen LogP contribution in [0.4, 0.5) is 0 Å². The monoisotopic (exact) mass is 276 g/mol. The van der Waals surface area contributed by atoms with E-state index in [2.05, 4.69) is 23.0 Å². The summed E-state index contributed by atoms with van der Waals surface area (Å²) >= 11 is 5.89. The number of benzene rings is 1. The summed E-state index contributed by atoms with van der Waals surface area (Å²) in [6, 6.07) is 13.7. The molecule has 2 aromatic rings. The van der Waals surface area contributed by atoms with Gasteiger partial charge in [0.15, 0.2) is 0 Å². The maximum absolute atomic E-state index is 5.89. The number of pyridine rings is 1. The fourth-order valence-corrected chi connectivity index (χ4v) is 2.18. The Morgan fingerprint density at radius 3 is 2.63 bits per heavy atom. The summed E-state index contributed by atoms with van der Waals surface area (Å²) in [6.07, 6.45) is 0. The van der Waals surface area contributed by atoms with Crippen LogP contribution >= 0.6 is 11.6 Å². The molecule has 0 aliphatic heterocycles. The van der Waals surface area contributed by atoms with Crippen LogP contribution in [0.25, 0.3) is 0 Å². The van der Waals surface area contributed by atoms with Gasteiger partial charge in [-0.1, -0.05) is 35.9 Å². The van der Waals surface area contributed by atoms with Crippen molar-refractivity contribution >= 4 is 11.6 Å². The number of methoxy groups -OCH3 is 1. The Morgan fingerprint density at radius 2 is 1.89 bits per heavy atom. The first-order valence-electron chi connectivity index (χ1n) is 6.11. The molecule has 0 atom stereocenters. The van der Waals surface area contributed by atoms with Gasteiger partial charge in [0.05, 0.1) is 12.8 Å². The van der Waals surface area contributed by atoms with Gasteiger partial charge in [0, 0.05) is 18.7 Å². The number of aromatic nitrogens is 1. The van der Waals surface area contributed by atoms with E-state index < -0.39 is 0 Å².